The number of ether oxygens (including phenoxy) is 3. The van der Waals surface area contributed by atoms with Crippen LogP contribution in [-0.2, 0) is 31.7 Å². The number of benzene rings is 1. The first-order valence-electron chi connectivity index (χ1n) is 12.3. The topological polar surface area (TPSA) is 134 Å². The molecule has 0 amide bonds. The van der Waals surface area contributed by atoms with Crippen molar-refractivity contribution in [2.75, 3.05) is 38.4 Å². The van der Waals surface area contributed by atoms with Crippen molar-refractivity contribution in [3.63, 3.8) is 0 Å². The van der Waals surface area contributed by atoms with Gasteiger partial charge >= 0.3 is 23.4 Å². The third-order valence-electron chi connectivity index (χ3n) is 6.11. The first-order chi connectivity index (χ1) is 18.4. The molecule has 2 N–H and O–H groups in total. The number of rotatable bonds is 11. The SMILES string of the molecule is CNc1cc(-c2cc(NCC(OC)(OC)C(C)C)c([N+](=O)[O-])c(=O)n2CC(=O)OC(C)(C)C)cc(C(F)(F)F)c1. The number of methoxy groups -OCH3 is 2. The molecular formula is C26H35F3N4O7. The molecule has 1 aromatic heterocycles. The number of esters is 1. The standard InChI is InChI=1S/C26H35F3N4O7/c1-15(2)25(38-7,39-8)14-31-19-12-20(16-9-17(26(27,28)29)11-18(10-16)30-6)32(23(35)22(19)33(36)37)13-21(34)40-24(3,4)5/h9-12,15,30-31H,13-14H2,1-8H3. The van der Waals surface area contributed by atoms with Gasteiger partial charge in [0.1, 0.15) is 17.8 Å². The van der Waals surface area contributed by atoms with E-state index >= 15 is 0 Å². The van der Waals surface area contributed by atoms with Crippen LogP contribution in [0.15, 0.2) is 29.1 Å². The average molecular weight is 573 g/mol. The fraction of sp³-hybridized carbons (Fsp3) is 0.538. The molecule has 2 rings (SSSR count). The van der Waals surface area contributed by atoms with E-state index in [1.807, 2.05) is 0 Å². The number of nitro groups is 1. The smallest absolute Gasteiger partial charge is 0.416 e. The minimum Gasteiger partial charge on any atom is -0.459 e. The Hall–Kier alpha value is -3.65. The number of nitrogens with zero attached hydrogens (tertiary/aromatic N) is 2. The highest BCUT2D eigenvalue weighted by atomic mass is 19.4. The fourth-order valence-corrected chi connectivity index (χ4v) is 4.05. The van der Waals surface area contributed by atoms with E-state index in [1.54, 1.807) is 34.6 Å². The van der Waals surface area contributed by atoms with Crippen molar-refractivity contribution in [1.29, 1.82) is 0 Å². The molecule has 40 heavy (non-hydrogen) atoms. The van der Waals surface area contributed by atoms with E-state index in [2.05, 4.69) is 10.6 Å². The molecule has 1 aromatic carbocycles. The van der Waals surface area contributed by atoms with Gasteiger partial charge in [0, 0.05) is 38.4 Å². The first kappa shape index (κ1) is 32.6. The van der Waals surface area contributed by atoms with E-state index in [9.17, 15) is 32.9 Å². The van der Waals surface area contributed by atoms with Crippen LogP contribution in [0.25, 0.3) is 11.3 Å². The summed E-state index contributed by atoms with van der Waals surface area (Å²) in [6, 6.07) is 4.14. The van der Waals surface area contributed by atoms with Crippen molar-refractivity contribution < 1.29 is 37.1 Å². The maximum absolute atomic E-state index is 13.7. The zero-order chi connectivity index (χ0) is 30.6. The minimum absolute atomic E-state index is 0.0616. The van der Waals surface area contributed by atoms with Gasteiger partial charge in [0.05, 0.1) is 22.7 Å². The van der Waals surface area contributed by atoms with Gasteiger partial charge in [-0.15, -0.1) is 0 Å². The first-order valence-corrected chi connectivity index (χ1v) is 12.3. The van der Waals surface area contributed by atoms with Gasteiger partial charge in [-0.2, -0.15) is 13.2 Å². The van der Waals surface area contributed by atoms with E-state index in [0.717, 1.165) is 22.8 Å². The third-order valence-corrected chi connectivity index (χ3v) is 6.11. The van der Waals surface area contributed by atoms with Crippen LogP contribution in [0.4, 0.5) is 30.2 Å². The monoisotopic (exact) mass is 572 g/mol. The molecule has 2 aromatic rings. The van der Waals surface area contributed by atoms with Gasteiger partial charge in [-0.1, -0.05) is 13.8 Å². The number of nitrogens with one attached hydrogen (secondary N) is 2. The van der Waals surface area contributed by atoms with E-state index in [-0.39, 0.29) is 35.1 Å². The number of carbonyl (C=O) groups is 1. The number of pyridine rings is 1. The predicted octanol–water partition coefficient (Wildman–Crippen LogP) is 4.88. The van der Waals surface area contributed by atoms with Crippen molar-refractivity contribution in [2.24, 2.45) is 5.92 Å². The van der Waals surface area contributed by atoms with Gasteiger partial charge in [0.15, 0.2) is 5.79 Å². The molecule has 0 saturated heterocycles. The highest BCUT2D eigenvalue weighted by Crippen LogP contribution is 2.36. The Morgan fingerprint density at radius 1 is 1.10 bits per heavy atom. The molecule has 14 heteroatoms. The molecule has 0 atom stereocenters. The summed E-state index contributed by atoms with van der Waals surface area (Å²) in [5.41, 5.74) is -4.66. The molecule has 0 spiro atoms. The van der Waals surface area contributed by atoms with Crippen LogP contribution >= 0.6 is 0 Å². The van der Waals surface area contributed by atoms with Gasteiger partial charge in [-0.3, -0.25) is 24.3 Å². The lowest BCUT2D eigenvalue weighted by Crippen LogP contribution is -2.46. The van der Waals surface area contributed by atoms with Crippen LogP contribution in [0.3, 0.4) is 0 Å². The number of halogens is 3. The lowest BCUT2D eigenvalue weighted by atomic mass is 10.0. The van der Waals surface area contributed by atoms with Crippen LogP contribution in [-0.4, -0.2) is 54.7 Å². The summed E-state index contributed by atoms with van der Waals surface area (Å²) in [5, 5.41) is 17.5. The number of anilines is 2. The van der Waals surface area contributed by atoms with Crippen LogP contribution < -0.4 is 16.2 Å². The molecule has 222 valence electrons. The molecule has 0 unspecified atom stereocenters. The summed E-state index contributed by atoms with van der Waals surface area (Å²) in [6.45, 7) is 7.39. The van der Waals surface area contributed by atoms with Crippen molar-refractivity contribution in [1.82, 2.24) is 4.57 Å². The molecular weight excluding hydrogens is 537 g/mol. The number of hydrogen-bond donors (Lipinski definition) is 2. The molecule has 0 radical (unpaired) electrons. The maximum Gasteiger partial charge on any atom is 0.416 e. The van der Waals surface area contributed by atoms with Crippen LogP contribution in [0.2, 0.25) is 0 Å². The van der Waals surface area contributed by atoms with Gasteiger partial charge in [-0.05, 0) is 45.0 Å². The molecule has 0 fully saturated rings. The summed E-state index contributed by atoms with van der Waals surface area (Å²) in [6.07, 6.45) is -4.74. The van der Waals surface area contributed by atoms with E-state index in [0.29, 0.717) is 0 Å². The zero-order valence-electron chi connectivity index (χ0n) is 23.7. The molecule has 0 aliphatic rings. The normalized spacial score (nSPS) is 12.4. The summed E-state index contributed by atoms with van der Waals surface area (Å²) in [7, 11) is 4.17. The van der Waals surface area contributed by atoms with Crippen LogP contribution in [0.5, 0.6) is 0 Å². The van der Waals surface area contributed by atoms with E-state index < -0.39 is 51.8 Å². The Morgan fingerprint density at radius 2 is 1.70 bits per heavy atom. The van der Waals surface area contributed by atoms with Crippen molar-refractivity contribution in [2.45, 2.75) is 58.7 Å². The Kier molecular flexibility index (Phi) is 9.97. The quantitative estimate of drug-likeness (QED) is 0.167. The van der Waals surface area contributed by atoms with Crippen LogP contribution in [0, 0.1) is 16.0 Å². The number of hydrogen-bond acceptors (Lipinski definition) is 9. The predicted molar refractivity (Wildman–Crippen MR) is 143 cm³/mol. The second kappa shape index (κ2) is 12.3. The minimum atomic E-state index is -4.74. The highest BCUT2D eigenvalue weighted by molar-refractivity contribution is 5.77. The number of aromatic nitrogens is 1. The second-order valence-electron chi connectivity index (χ2n) is 10.3. The Morgan fingerprint density at radius 3 is 2.15 bits per heavy atom. The lowest BCUT2D eigenvalue weighted by molar-refractivity contribution is -0.385. The molecule has 11 nitrogen and oxygen atoms in total. The lowest BCUT2D eigenvalue weighted by Gasteiger charge is -2.35. The van der Waals surface area contributed by atoms with Gasteiger partial charge in [0.25, 0.3) is 0 Å². The summed E-state index contributed by atoms with van der Waals surface area (Å²) < 4.78 is 58.2. The second-order valence-corrected chi connectivity index (χ2v) is 10.3. The molecule has 0 bridgehead atoms. The Bertz CT molecular complexity index is 1300. The van der Waals surface area contributed by atoms with Gasteiger partial charge in [0.2, 0.25) is 0 Å². The molecule has 0 aliphatic heterocycles. The highest BCUT2D eigenvalue weighted by Gasteiger charge is 2.36. The molecule has 1 heterocycles. The fourth-order valence-electron chi connectivity index (χ4n) is 4.05. The van der Waals surface area contributed by atoms with E-state index in [1.165, 1.54) is 27.3 Å². The summed E-state index contributed by atoms with van der Waals surface area (Å²) in [5.74, 6) is -2.42. The summed E-state index contributed by atoms with van der Waals surface area (Å²) in [4.78, 5) is 37.4. The van der Waals surface area contributed by atoms with E-state index in [4.69, 9.17) is 14.2 Å². The molecule has 0 aliphatic carbocycles. The summed E-state index contributed by atoms with van der Waals surface area (Å²) >= 11 is 0. The largest absolute Gasteiger partial charge is 0.459 e. The van der Waals surface area contributed by atoms with Crippen molar-refractivity contribution in [3.05, 3.63) is 50.3 Å². The maximum atomic E-state index is 13.7. The number of carbonyl (C=O) groups excluding carboxylic acids is 1. The Labute approximate surface area is 229 Å². The van der Waals surface area contributed by atoms with Crippen molar-refractivity contribution in [3.8, 4) is 11.3 Å². The van der Waals surface area contributed by atoms with Crippen LogP contribution in [0.1, 0.15) is 40.2 Å². The molecule has 0 saturated carbocycles. The van der Waals surface area contributed by atoms with Gasteiger partial charge < -0.3 is 24.8 Å². The Balaban J connectivity index is 2.89. The average Bonchev–Trinajstić information content (AvgIpc) is 2.83. The van der Waals surface area contributed by atoms with Gasteiger partial charge in [-0.25, -0.2) is 0 Å². The number of alkyl halides is 3. The zero-order valence-corrected chi connectivity index (χ0v) is 23.7. The third kappa shape index (κ3) is 7.50. The van der Waals surface area contributed by atoms with Crippen molar-refractivity contribution >= 4 is 23.0 Å².